The van der Waals surface area contributed by atoms with Gasteiger partial charge in [-0.25, -0.2) is 14.6 Å². The van der Waals surface area contributed by atoms with Crippen LogP contribution in [0.5, 0.6) is 0 Å². The van der Waals surface area contributed by atoms with Crippen molar-refractivity contribution in [2.75, 3.05) is 13.7 Å². The lowest BCUT2D eigenvalue weighted by Gasteiger charge is -2.27. The molecule has 4 rings (SSSR count). The summed E-state index contributed by atoms with van der Waals surface area (Å²) in [5.74, 6) is -9.86. The van der Waals surface area contributed by atoms with Gasteiger partial charge < -0.3 is 52.0 Å². The van der Waals surface area contributed by atoms with E-state index in [0.717, 1.165) is 11.1 Å². The molecule has 0 saturated carbocycles. The molecule has 9 N–H and O–H groups in total. The summed E-state index contributed by atoms with van der Waals surface area (Å²) in [4.78, 5) is 102. The fourth-order valence-corrected chi connectivity index (χ4v) is 7.37. The SMILES string of the molecule is C/C=C1/NC(=O)CC[C@H](C(=O)O)NC(=O)[C@@H](C)[C@H](/C=C/C(C)=C/[C@H](C)[C@H](Cc2ccccc2)OC)NC(=O)[C@H](CCCN=C2N=C(c3ccccc3)C(O)N2)NC(=O)[C@@H](C)[C@H](C(=O)O)NC1=O. The minimum atomic E-state index is -1.83. The number of hydrogen-bond donors (Lipinski definition) is 9. The molecule has 0 aliphatic carbocycles. The number of allylic oxidation sites excluding steroid dienone is 3. The summed E-state index contributed by atoms with van der Waals surface area (Å²) in [6, 6.07) is 13.0. The number of guanidine groups is 1. The minimum Gasteiger partial charge on any atom is -0.480 e. The van der Waals surface area contributed by atoms with Crippen LogP contribution in [0.15, 0.2) is 106 Å². The second-order valence-electron chi connectivity index (χ2n) is 16.5. The number of aliphatic hydroxyl groups excluding tert-OH is 1. The number of ether oxygens (including phenoxy) is 1. The van der Waals surface area contributed by atoms with Crippen molar-refractivity contribution in [3.05, 3.63) is 107 Å². The van der Waals surface area contributed by atoms with Crippen LogP contribution < -0.4 is 31.9 Å². The highest BCUT2D eigenvalue weighted by Crippen LogP contribution is 2.19. The van der Waals surface area contributed by atoms with Crippen LogP contribution >= 0.6 is 0 Å². The van der Waals surface area contributed by atoms with Crippen LogP contribution in [-0.2, 0) is 44.7 Å². The van der Waals surface area contributed by atoms with Gasteiger partial charge in [0.1, 0.15) is 29.5 Å². The van der Waals surface area contributed by atoms with Crippen molar-refractivity contribution >= 4 is 53.1 Å². The van der Waals surface area contributed by atoms with E-state index in [1.54, 1.807) is 43.5 Å². The number of nitrogens with zero attached hydrogens (tertiary/aromatic N) is 2. The average molecular weight is 927 g/mol. The van der Waals surface area contributed by atoms with Gasteiger partial charge >= 0.3 is 11.9 Å². The van der Waals surface area contributed by atoms with Gasteiger partial charge in [0, 0.05) is 31.6 Å². The molecule has 19 nitrogen and oxygen atoms in total. The molecule has 67 heavy (non-hydrogen) atoms. The summed E-state index contributed by atoms with van der Waals surface area (Å²) < 4.78 is 5.82. The zero-order valence-corrected chi connectivity index (χ0v) is 38.5. The van der Waals surface area contributed by atoms with Crippen LogP contribution in [-0.4, -0.2) is 119 Å². The highest BCUT2D eigenvalue weighted by molar-refractivity contribution is 6.14. The Bertz CT molecular complexity index is 2240. The van der Waals surface area contributed by atoms with Gasteiger partial charge in [-0.2, -0.15) is 0 Å². The standard InChI is InChI=1S/C48H62N8O11/c1-7-33-43(60)54-39(47(65)66)30(5)42(59)52-35(19-14-24-49-48-55-40(45(62)56-48)32-17-12-9-13-18-32)44(61)51-34(29(4)41(58)53-36(46(63)64)22-23-38(57)50-33)21-20-27(2)25-28(3)37(67-6)26-31-15-10-8-11-16-31/h7-13,15-18,20-21,25,28-30,34-37,39,45,62H,14,19,22-24,26H2,1-6H3,(H,49,56)(H,50,57)(H,51,61)(H,52,59)(H,53,58)(H,54,60)(H,63,64)(H,65,66)/b21-20+,27-25+,33-7+/t28-,29-,30-,34-,35-,36+,37-,39+,45?/m0/s1. The molecule has 1 saturated heterocycles. The van der Waals surface area contributed by atoms with E-state index in [4.69, 9.17) is 4.74 Å². The quantitative estimate of drug-likeness (QED) is 0.0749. The number of carboxylic acid groups (broad SMARTS) is 2. The predicted molar refractivity (Wildman–Crippen MR) is 249 cm³/mol. The topological polar surface area (TPSA) is 286 Å². The molecule has 2 aromatic carbocycles. The van der Waals surface area contributed by atoms with Crippen molar-refractivity contribution in [3.63, 3.8) is 0 Å². The van der Waals surface area contributed by atoms with Gasteiger partial charge in [-0.15, -0.1) is 0 Å². The summed E-state index contributed by atoms with van der Waals surface area (Å²) in [6.07, 6.45) is 5.04. The first-order valence-corrected chi connectivity index (χ1v) is 22.1. The molecule has 2 heterocycles. The van der Waals surface area contributed by atoms with Gasteiger partial charge in [-0.1, -0.05) is 111 Å². The van der Waals surface area contributed by atoms with Gasteiger partial charge in [-0.05, 0) is 45.1 Å². The first kappa shape index (κ1) is 52.6. The number of carbonyl (C=O) groups is 7. The molecule has 0 bridgehead atoms. The van der Waals surface area contributed by atoms with E-state index in [-0.39, 0.29) is 49.5 Å². The molecule has 2 aliphatic rings. The predicted octanol–water partition coefficient (Wildman–Crippen LogP) is 2.12. The molecular formula is C48H62N8O11. The van der Waals surface area contributed by atoms with E-state index in [1.807, 2.05) is 56.3 Å². The number of carbonyl (C=O) groups excluding carboxylic acids is 5. The lowest BCUT2D eigenvalue weighted by Crippen LogP contribution is -2.56. The van der Waals surface area contributed by atoms with Gasteiger partial charge in [-0.3, -0.25) is 29.0 Å². The second-order valence-corrected chi connectivity index (χ2v) is 16.5. The Kier molecular flexibility index (Phi) is 20.1. The summed E-state index contributed by atoms with van der Waals surface area (Å²) in [5.41, 5.74) is 2.52. The molecule has 1 unspecified atom stereocenters. The number of benzene rings is 2. The Hall–Kier alpha value is -6.99. The van der Waals surface area contributed by atoms with Crippen LogP contribution in [0.2, 0.25) is 0 Å². The maximum atomic E-state index is 14.4. The maximum absolute atomic E-state index is 14.4. The van der Waals surface area contributed by atoms with E-state index < -0.39 is 90.1 Å². The molecule has 0 spiro atoms. The maximum Gasteiger partial charge on any atom is 0.327 e. The lowest BCUT2D eigenvalue weighted by molar-refractivity contribution is -0.146. The summed E-state index contributed by atoms with van der Waals surface area (Å²) in [5, 5.41) is 46.1. The number of aliphatic hydroxyl groups is 1. The second kappa shape index (κ2) is 25.6. The summed E-state index contributed by atoms with van der Waals surface area (Å²) >= 11 is 0. The Labute approximate surface area is 389 Å². The monoisotopic (exact) mass is 926 g/mol. The molecule has 0 aromatic heterocycles. The van der Waals surface area contributed by atoms with E-state index in [2.05, 4.69) is 41.9 Å². The molecule has 19 heteroatoms. The third-order valence-electron chi connectivity index (χ3n) is 11.4. The third-order valence-corrected chi connectivity index (χ3v) is 11.4. The number of aliphatic carboxylic acids is 2. The summed E-state index contributed by atoms with van der Waals surface area (Å²) in [6.45, 7) is 8.02. The van der Waals surface area contributed by atoms with Crippen molar-refractivity contribution in [1.29, 1.82) is 0 Å². The minimum absolute atomic E-state index is 0.0634. The molecule has 5 amide bonds. The molecular weight excluding hydrogens is 865 g/mol. The number of hydrogen-bond acceptors (Lipinski definition) is 10. The molecule has 0 radical (unpaired) electrons. The van der Waals surface area contributed by atoms with Gasteiger partial charge in [0.05, 0.1) is 24.0 Å². The lowest BCUT2D eigenvalue weighted by atomic mass is 9.94. The number of nitrogens with one attached hydrogen (secondary N) is 6. The number of rotatable bonds is 14. The van der Waals surface area contributed by atoms with Gasteiger partial charge in [0.25, 0.3) is 5.91 Å². The fourth-order valence-electron chi connectivity index (χ4n) is 7.37. The van der Waals surface area contributed by atoms with Gasteiger partial charge in [0.2, 0.25) is 29.6 Å². The van der Waals surface area contributed by atoms with Crippen LogP contribution in [0.3, 0.4) is 0 Å². The van der Waals surface area contributed by atoms with Gasteiger partial charge in [0.15, 0.2) is 6.23 Å². The van der Waals surface area contributed by atoms with Crippen molar-refractivity contribution in [1.82, 2.24) is 31.9 Å². The van der Waals surface area contributed by atoms with E-state index >= 15 is 0 Å². The van der Waals surface area contributed by atoms with E-state index in [0.29, 0.717) is 17.7 Å². The van der Waals surface area contributed by atoms with Crippen molar-refractivity contribution in [3.8, 4) is 0 Å². The Balaban J connectivity index is 1.69. The zero-order chi connectivity index (χ0) is 49.2. The highest BCUT2D eigenvalue weighted by Gasteiger charge is 2.36. The van der Waals surface area contributed by atoms with E-state index in [1.165, 1.54) is 26.8 Å². The highest BCUT2D eigenvalue weighted by atomic mass is 16.5. The first-order chi connectivity index (χ1) is 31.9. The number of carboxylic acids is 2. The van der Waals surface area contributed by atoms with Crippen LogP contribution in [0.25, 0.3) is 0 Å². The van der Waals surface area contributed by atoms with Crippen molar-refractivity contribution < 1.29 is 53.6 Å². The normalized spacial score (nSPS) is 26.1. The number of amides is 5. The smallest absolute Gasteiger partial charge is 0.327 e. The Morgan fingerprint density at radius 3 is 2.16 bits per heavy atom. The van der Waals surface area contributed by atoms with Crippen LogP contribution in [0.4, 0.5) is 0 Å². The van der Waals surface area contributed by atoms with Crippen LogP contribution in [0, 0.1) is 17.8 Å². The van der Waals surface area contributed by atoms with Crippen LogP contribution in [0.1, 0.15) is 71.4 Å². The summed E-state index contributed by atoms with van der Waals surface area (Å²) in [7, 11) is 1.63. The molecule has 360 valence electrons. The molecule has 2 aliphatic heterocycles. The number of aliphatic imine (C=N–C) groups is 2. The Morgan fingerprint density at radius 2 is 1.54 bits per heavy atom. The zero-order valence-electron chi connectivity index (χ0n) is 38.5. The molecule has 1 fully saturated rings. The van der Waals surface area contributed by atoms with Crippen molar-refractivity contribution in [2.24, 2.45) is 27.7 Å². The largest absolute Gasteiger partial charge is 0.480 e. The van der Waals surface area contributed by atoms with E-state index in [9.17, 15) is 48.9 Å². The Morgan fingerprint density at radius 1 is 0.881 bits per heavy atom. The van der Waals surface area contributed by atoms with Crippen molar-refractivity contribution in [2.45, 2.75) is 103 Å². The fraction of sp³-hybridized carbons (Fsp3) is 0.438. The average Bonchev–Trinajstić information content (AvgIpc) is 3.68. The number of methoxy groups -OCH3 is 1. The first-order valence-electron chi connectivity index (χ1n) is 22.1. The third kappa shape index (κ3) is 15.8. The molecule has 9 atom stereocenters. The molecule has 2 aromatic rings.